The largest absolute Gasteiger partial charge is 0.438 e. The zero-order valence-electron chi connectivity index (χ0n) is 10.8. The quantitative estimate of drug-likeness (QED) is 0.778. The lowest BCUT2D eigenvalue weighted by Gasteiger charge is -2.24. The van der Waals surface area contributed by atoms with Gasteiger partial charge in [-0.25, -0.2) is 0 Å². The molecule has 0 radical (unpaired) electrons. The van der Waals surface area contributed by atoms with Crippen molar-refractivity contribution in [3.63, 3.8) is 0 Å². The number of hydrogen-bond donors (Lipinski definition) is 2. The Morgan fingerprint density at radius 2 is 2.15 bits per heavy atom. The van der Waals surface area contributed by atoms with E-state index in [1.54, 1.807) is 23.5 Å². The van der Waals surface area contributed by atoms with Crippen LogP contribution in [0.4, 0.5) is 13.2 Å². The molecule has 0 aliphatic carbocycles. The number of hydrazone groups is 1. The molecule has 3 heterocycles. The van der Waals surface area contributed by atoms with Crippen LogP contribution in [0.1, 0.15) is 20.3 Å². The summed E-state index contributed by atoms with van der Waals surface area (Å²) < 4.78 is 38.6. The van der Waals surface area contributed by atoms with Gasteiger partial charge in [-0.1, -0.05) is 5.57 Å². The highest BCUT2D eigenvalue weighted by Crippen LogP contribution is 2.55. The van der Waals surface area contributed by atoms with E-state index in [4.69, 9.17) is 0 Å². The molecule has 3 nitrogen and oxygen atoms in total. The summed E-state index contributed by atoms with van der Waals surface area (Å²) in [5.41, 5.74) is 1.49. The number of alkyl halides is 3. The van der Waals surface area contributed by atoms with E-state index in [0.29, 0.717) is 5.71 Å². The van der Waals surface area contributed by atoms with Crippen LogP contribution in [0.25, 0.3) is 0 Å². The molecule has 3 rings (SSSR count). The van der Waals surface area contributed by atoms with Gasteiger partial charge in [-0.15, -0.1) is 23.5 Å². The van der Waals surface area contributed by atoms with E-state index in [1.807, 2.05) is 19.3 Å². The molecule has 3 aliphatic rings. The fourth-order valence-electron chi connectivity index (χ4n) is 2.60. The third-order valence-corrected chi connectivity index (χ3v) is 6.71. The molecular formula is C12H13F3N2OS2. The molecule has 0 saturated heterocycles. The number of rotatable bonds is 1. The highest BCUT2D eigenvalue weighted by Gasteiger charge is 2.58. The first-order valence-electron chi connectivity index (χ1n) is 6.06. The van der Waals surface area contributed by atoms with E-state index in [2.05, 4.69) is 10.5 Å². The van der Waals surface area contributed by atoms with Crippen molar-refractivity contribution in [1.29, 1.82) is 0 Å². The smallest absolute Gasteiger partial charge is 0.362 e. The molecule has 0 saturated carbocycles. The molecule has 3 atom stereocenters. The second-order valence-corrected chi connectivity index (χ2v) is 7.65. The van der Waals surface area contributed by atoms with Crippen LogP contribution < -0.4 is 5.43 Å². The second-order valence-electron chi connectivity index (χ2n) is 5.18. The van der Waals surface area contributed by atoms with Gasteiger partial charge in [0.2, 0.25) is 0 Å². The Morgan fingerprint density at radius 1 is 1.45 bits per heavy atom. The number of nitrogens with one attached hydrogen (secondary N) is 1. The molecule has 0 fully saturated rings. The van der Waals surface area contributed by atoms with Crippen molar-refractivity contribution >= 4 is 29.2 Å². The molecule has 0 bridgehead atoms. The Hall–Kier alpha value is -0.600. The van der Waals surface area contributed by atoms with Gasteiger partial charge in [-0.3, -0.25) is 5.43 Å². The monoisotopic (exact) mass is 322 g/mol. The molecule has 20 heavy (non-hydrogen) atoms. The van der Waals surface area contributed by atoms with Gasteiger partial charge in [-0.05, 0) is 24.8 Å². The van der Waals surface area contributed by atoms with Crippen molar-refractivity contribution in [1.82, 2.24) is 5.43 Å². The molecule has 0 aromatic rings. The predicted molar refractivity (Wildman–Crippen MR) is 75.1 cm³/mol. The Bertz CT molecular complexity index is 555. The van der Waals surface area contributed by atoms with Gasteiger partial charge in [0.25, 0.3) is 5.72 Å². The first-order chi connectivity index (χ1) is 9.23. The summed E-state index contributed by atoms with van der Waals surface area (Å²) >= 11 is 3.23. The Labute approximate surface area is 122 Å². The maximum absolute atomic E-state index is 12.8. The van der Waals surface area contributed by atoms with E-state index in [9.17, 15) is 18.3 Å². The normalized spacial score (nSPS) is 36.9. The van der Waals surface area contributed by atoms with Crippen LogP contribution in [-0.4, -0.2) is 27.3 Å². The van der Waals surface area contributed by atoms with Gasteiger partial charge in [0, 0.05) is 10.8 Å². The van der Waals surface area contributed by atoms with Crippen molar-refractivity contribution in [3.8, 4) is 0 Å². The topological polar surface area (TPSA) is 44.6 Å². The maximum Gasteiger partial charge on any atom is 0.438 e. The van der Waals surface area contributed by atoms with E-state index < -0.39 is 18.3 Å². The second kappa shape index (κ2) is 4.45. The van der Waals surface area contributed by atoms with Crippen LogP contribution in [0.15, 0.2) is 26.6 Å². The first kappa shape index (κ1) is 14.3. The number of halogens is 3. The summed E-state index contributed by atoms with van der Waals surface area (Å²) in [5.74, 6) is 0.266. The summed E-state index contributed by atoms with van der Waals surface area (Å²) in [6.07, 6.45) is -5.28. The zero-order valence-corrected chi connectivity index (χ0v) is 12.4. The van der Waals surface area contributed by atoms with Crippen molar-refractivity contribution in [2.75, 3.05) is 0 Å². The number of allylic oxidation sites excluding steroid dienone is 3. The van der Waals surface area contributed by atoms with Gasteiger partial charge in [0.05, 0.1) is 16.7 Å². The average Bonchev–Trinajstić information content (AvgIpc) is 2.97. The van der Waals surface area contributed by atoms with Crippen LogP contribution in [0.2, 0.25) is 0 Å². The average molecular weight is 322 g/mol. The zero-order chi connectivity index (χ0) is 14.7. The molecule has 0 spiro atoms. The SMILES string of the molecule is CC1=CS[C@@H]2SC(C3=NN[C@](O)(C(F)(F)F)C3)=C(C)[C@@H]12. The van der Waals surface area contributed by atoms with Gasteiger partial charge < -0.3 is 5.11 Å². The summed E-state index contributed by atoms with van der Waals surface area (Å²) in [5, 5.41) is 15.4. The molecule has 110 valence electrons. The molecule has 2 N–H and O–H groups in total. The Morgan fingerprint density at radius 3 is 2.70 bits per heavy atom. The highest BCUT2D eigenvalue weighted by molar-refractivity contribution is 8.20. The summed E-state index contributed by atoms with van der Waals surface area (Å²) in [6.45, 7) is 3.97. The first-order valence-corrected chi connectivity index (χ1v) is 7.88. The lowest BCUT2D eigenvalue weighted by molar-refractivity contribution is -0.266. The maximum atomic E-state index is 12.8. The summed E-state index contributed by atoms with van der Waals surface area (Å²) in [7, 11) is 0. The minimum absolute atomic E-state index is 0.266. The number of nitrogens with zero attached hydrogens (tertiary/aromatic N) is 1. The number of aliphatic hydroxyl groups is 1. The van der Waals surface area contributed by atoms with Crippen LogP contribution in [0.5, 0.6) is 0 Å². The van der Waals surface area contributed by atoms with Gasteiger partial charge in [0.15, 0.2) is 0 Å². The Balaban J connectivity index is 1.85. The van der Waals surface area contributed by atoms with Crippen LogP contribution in [0, 0.1) is 5.92 Å². The number of thioether (sulfide) groups is 2. The van der Waals surface area contributed by atoms with E-state index >= 15 is 0 Å². The lowest BCUT2D eigenvalue weighted by atomic mass is 9.94. The minimum atomic E-state index is -4.74. The van der Waals surface area contributed by atoms with E-state index in [1.165, 1.54) is 5.57 Å². The molecular weight excluding hydrogens is 309 g/mol. The van der Waals surface area contributed by atoms with Crippen LogP contribution >= 0.6 is 23.5 Å². The third kappa shape index (κ3) is 2.00. The predicted octanol–water partition coefficient (Wildman–Crippen LogP) is 3.20. The van der Waals surface area contributed by atoms with Gasteiger partial charge in [0.1, 0.15) is 0 Å². The molecule has 0 aromatic carbocycles. The number of hydrogen-bond acceptors (Lipinski definition) is 5. The van der Waals surface area contributed by atoms with Crippen molar-refractivity contribution in [2.24, 2.45) is 11.0 Å². The molecule has 3 aliphatic heterocycles. The van der Waals surface area contributed by atoms with E-state index in [0.717, 1.165) is 10.5 Å². The Kier molecular flexibility index (Phi) is 3.19. The fourth-order valence-corrected chi connectivity index (χ4v) is 5.71. The molecule has 8 heteroatoms. The molecule has 0 unspecified atom stereocenters. The van der Waals surface area contributed by atoms with Crippen molar-refractivity contribution in [2.45, 2.75) is 36.8 Å². The van der Waals surface area contributed by atoms with Gasteiger partial charge in [-0.2, -0.15) is 18.3 Å². The minimum Gasteiger partial charge on any atom is -0.362 e. The molecule has 0 amide bonds. The molecule has 0 aromatic heterocycles. The third-order valence-electron chi connectivity index (χ3n) is 3.74. The summed E-state index contributed by atoms with van der Waals surface area (Å²) in [6, 6.07) is 0. The van der Waals surface area contributed by atoms with Crippen molar-refractivity contribution < 1.29 is 18.3 Å². The standard InChI is InChI=1S/C12H13F3N2OS2/c1-5-4-19-10-8(5)6(2)9(20-10)7-3-11(18,17-16-7)12(13,14)15/h4,8,10,17-18H,3H2,1-2H3/t8-,10-,11-/m1/s1. The van der Waals surface area contributed by atoms with Gasteiger partial charge >= 0.3 is 6.18 Å². The van der Waals surface area contributed by atoms with Crippen LogP contribution in [0.3, 0.4) is 0 Å². The fraction of sp³-hybridized carbons (Fsp3) is 0.583. The van der Waals surface area contributed by atoms with Crippen molar-refractivity contribution in [3.05, 3.63) is 21.5 Å². The van der Waals surface area contributed by atoms with E-state index in [-0.39, 0.29) is 10.5 Å². The highest BCUT2D eigenvalue weighted by atomic mass is 32.2. The number of fused-ring (bicyclic) bond motifs is 1. The lowest BCUT2D eigenvalue weighted by Crippen LogP contribution is -2.52. The van der Waals surface area contributed by atoms with Crippen LogP contribution in [-0.2, 0) is 0 Å². The summed E-state index contributed by atoms with van der Waals surface area (Å²) in [4.78, 5) is 0.785.